The van der Waals surface area contributed by atoms with Gasteiger partial charge in [0.05, 0.1) is 51.8 Å². The van der Waals surface area contributed by atoms with Crippen molar-refractivity contribution in [2.45, 2.75) is 71.3 Å². The summed E-state index contributed by atoms with van der Waals surface area (Å²) in [6.45, 7) is 13.9. The van der Waals surface area contributed by atoms with Crippen molar-refractivity contribution < 1.29 is 24.4 Å². The highest BCUT2D eigenvalue weighted by atomic mass is 32.2. The Kier molecular flexibility index (Phi) is 18.6. The van der Waals surface area contributed by atoms with Crippen LogP contribution in [0.2, 0.25) is 0 Å². The minimum atomic E-state index is -0.470. The first-order chi connectivity index (χ1) is 13.3. The lowest BCUT2D eigenvalue weighted by atomic mass is 9.80. The average Bonchev–Trinajstić information content (AvgIpc) is 2.66. The van der Waals surface area contributed by atoms with Gasteiger partial charge in [0, 0.05) is 17.3 Å². The molecule has 0 saturated heterocycles. The Morgan fingerprint density at radius 1 is 0.821 bits per heavy atom. The third-order valence-corrected chi connectivity index (χ3v) is 6.93. The van der Waals surface area contributed by atoms with Crippen LogP contribution < -0.4 is 0 Å². The van der Waals surface area contributed by atoms with Crippen molar-refractivity contribution in [1.82, 2.24) is 0 Å². The van der Waals surface area contributed by atoms with Crippen molar-refractivity contribution >= 4 is 23.5 Å². The van der Waals surface area contributed by atoms with Crippen LogP contribution in [0.5, 0.6) is 0 Å². The summed E-state index contributed by atoms with van der Waals surface area (Å²) in [5.41, 5.74) is 0.180. The van der Waals surface area contributed by atoms with Gasteiger partial charge in [0.25, 0.3) is 0 Å². The molecular formula is C21H44O5S2. The maximum atomic E-state index is 10.1. The standard InChI is InChI=1S/C21H44O5S2/c1-6-21(5,7-2)14-19(22)15-25-8-9-26-16-20(23)17-27-12-10-24-11-13-28-18(3)4/h18-20,22-23H,6-17H2,1-5H3. The van der Waals surface area contributed by atoms with Gasteiger partial charge in [-0.15, -0.1) is 0 Å². The highest BCUT2D eigenvalue weighted by Crippen LogP contribution is 2.30. The lowest BCUT2D eigenvalue weighted by Gasteiger charge is -2.29. The van der Waals surface area contributed by atoms with Gasteiger partial charge in [-0.3, -0.25) is 0 Å². The third kappa shape index (κ3) is 17.4. The largest absolute Gasteiger partial charge is 0.391 e. The van der Waals surface area contributed by atoms with E-state index in [-0.39, 0.29) is 5.41 Å². The Bertz CT molecular complexity index is 341. The summed E-state index contributed by atoms with van der Waals surface area (Å²) in [7, 11) is 0. The van der Waals surface area contributed by atoms with Crippen LogP contribution in [0.25, 0.3) is 0 Å². The molecule has 0 bridgehead atoms. The predicted octanol–water partition coefficient (Wildman–Crippen LogP) is 3.85. The molecule has 2 atom stereocenters. The Morgan fingerprint density at radius 3 is 1.96 bits per heavy atom. The van der Waals surface area contributed by atoms with E-state index in [1.165, 1.54) is 0 Å². The molecule has 2 unspecified atom stereocenters. The summed E-state index contributed by atoms with van der Waals surface area (Å²) >= 11 is 3.59. The second-order valence-corrected chi connectivity index (χ2v) is 10.6. The van der Waals surface area contributed by atoms with Crippen LogP contribution in [-0.2, 0) is 14.2 Å². The summed E-state index contributed by atoms with van der Waals surface area (Å²) in [5.74, 6) is 2.57. The molecule has 0 rings (SSSR count). The highest BCUT2D eigenvalue weighted by Gasteiger charge is 2.23. The average molecular weight is 441 g/mol. The number of thioether (sulfide) groups is 2. The van der Waals surface area contributed by atoms with Gasteiger partial charge in [-0.25, -0.2) is 0 Å². The van der Waals surface area contributed by atoms with Crippen LogP contribution in [0.3, 0.4) is 0 Å². The minimum absolute atomic E-state index is 0.180. The first-order valence-electron chi connectivity index (χ1n) is 10.6. The summed E-state index contributed by atoms with van der Waals surface area (Å²) in [6.07, 6.45) is 1.98. The number of rotatable bonds is 20. The van der Waals surface area contributed by atoms with Crippen molar-refractivity contribution in [2.24, 2.45) is 5.41 Å². The normalized spacial score (nSPS) is 14.6. The van der Waals surface area contributed by atoms with E-state index in [1.54, 1.807) is 11.8 Å². The summed E-state index contributed by atoms with van der Waals surface area (Å²) in [5, 5.41) is 20.6. The molecule has 170 valence electrons. The number of hydrogen-bond donors (Lipinski definition) is 2. The van der Waals surface area contributed by atoms with Gasteiger partial charge in [-0.1, -0.05) is 47.5 Å². The Balaban J connectivity index is 3.44. The second-order valence-electron chi connectivity index (χ2n) is 7.79. The predicted molar refractivity (Wildman–Crippen MR) is 123 cm³/mol. The molecule has 0 heterocycles. The SMILES string of the molecule is CCC(C)(CC)CC(O)COCCOCC(O)CSCCOCCSC(C)C. The molecule has 0 aliphatic rings. The van der Waals surface area contributed by atoms with Gasteiger partial charge in [0.2, 0.25) is 0 Å². The van der Waals surface area contributed by atoms with Crippen molar-refractivity contribution in [3.63, 3.8) is 0 Å². The Hall–Kier alpha value is 0.500. The topological polar surface area (TPSA) is 68.2 Å². The van der Waals surface area contributed by atoms with Crippen LogP contribution in [0, 0.1) is 5.41 Å². The van der Waals surface area contributed by atoms with E-state index in [2.05, 4.69) is 34.6 Å². The third-order valence-electron chi connectivity index (χ3n) is 4.79. The molecule has 0 aromatic rings. The van der Waals surface area contributed by atoms with Crippen LogP contribution >= 0.6 is 23.5 Å². The number of aliphatic hydroxyl groups excluding tert-OH is 2. The van der Waals surface area contributed by atoms with E-state index < -0.39 is 12.2 Å². The maximum Gasteiger partial charge on any atom is 0.0863 e. The van der Waals surface area contributed by atoms with Gasteiger partial charge < -0.3 is 24.4 Å². The van der Waals surface area contributed by atoms with Crippen molar-refractivity contribution in [3.8, 4) is 0 Å². The van der Waals surface area contributed by atoms with Gasteiger partial charge in [0.15, 0.2) is 0 Å². The first-order valence-corrected chi connectivity index (χ1v) is 12.8. The number of ether oxygens (including phenoxy) is 3. The fraction of sp³-hybridized carbons (Fsp3) is 1.00. The van der Waals surface area contributed by atoms with E-state index in [9.17, 15) is 10.2 Å². The zero-order chi connectivity index (χ0) is 21.3. The molecule has 0 spiro atoms. The van der Waals surface area contributed by atoms with Crippen molar-refractivity contribution in [2.75, 3.05) is 56.9 Å². The van der Waals surface area contributed by atoms with Crippen LogP contribution in [0.15, 0.2) is 0 Å². The quantitative estimate of drug-likeness (QED) is 0.279. The molecule has 7 heteroatoms. The fourth-order valence-corrected chi connectivity index (χ4v) is 4.01. The van der Waals surface area contributed by atoms with Crippen LogP contribution in [0.4, 0.5) is 0 Å². The smallest absolute Gasteiger partial charge is 0.0863 e. The monoisotopic (exact) mass is 440 g/mol. The van der Waals surface area contributed by atoms with E-state index in [1.807, 2.05) is 11.8 Å². The molecule has 0 saturated carbocycles. The lowest BCUT2D eigenvalue weighted by molar-refractivity contribution is -0.0239. The van der Waals surface area contributed by atoms with E-state index in [4.69, 9.17) is 14.2 Å². The summed E-state index contributed by atoms with van der Waals surface area (Å²) in [6, 6.07) is 0. The molecule has 2 N–H and O–H groups in total. The second kappa shape index (κ2) is 18.3. The fourth-order valence-electron chi connectivity index (χ4n) is 2.55. The lowest BCUT2D eigenvalue weighted by Crippen LogP contribution is -2.26. The molecule has 5 nitrogen and oxygen atoms in total. The van der Waals surface area contributed by atoms with Gasteiger partial charge in [-0.2, -0.15) is 23.5 Å². The van der Waals surface area contributed by atoms with Crippen molar-refractivity contribution in [1.29, 1.82) is 0 Å². The zero-order valence-electron chi connectivity index (χ0n) is 18.7. The molecule has 28 heavy (non-hydrogen) atoms. The maximum absolute atomic E-state index is 10.1. The van der Waals surface area contributed by atoms with Gasteiger partial charge in [0.1, 0.15) is 0 Å². The van der Waals surface area contributed by atoms with E-state index >= 15 is 0 Å². The number of hydrogen-bond acceptors (Lipinski definition) is 7. The molecule has 0 aliphatic heterocycles. The van der Waals surface area contributed by atoms with Gasteiger partial charge >= 0.3 is 0 Å². The Morgan fingerprint density at radius 2 is 1.39 bits per heavy atom. The van der Waals surface area contributed by atoms with Crippen molar-refractivity contribution in [3.05, 3.63) is 0 Å². The van der Waals surface area contributed by atoms with Crippen LogP contribution in [0.1, 0.15) is 53.9 Å². The molecule has 0 aliphatic carbocycles. The molecular weight excluding hydrogens is 396 g/mol. The molecule has 0 fully saturated rings. The van der Waals surface area contributed by atoms with E-state index in [0.29, 0.717) is 37.4 Å². The zero-order valence-corrected chi connectivity index (χ0v) is 20.3. The minimum Gasteiger partial charge on any atom is -0.391 e. The molecule has 0 aromatic carbocycles. The molecule has 0 amide bonds. The first kappa shape index (κ1) is 28.5. The molecule has 0 aromatic heterocycles. The Labute approximate surface area is 181 Å². The highest BCUT2D eigenvalue weighted by molar-refractivity contribution is 7.99. The number of aliphatic hydroxyl groups is 2. The van der Waals surface area contributed by atoms with Crippen LogP contribution in [-0.4, -0.2) is 84.6 Å². The van der Waals surface area contributed by atoms with Gasteiger partial charge in [-0.05, 0) is 17.1 Å². The summed E-state index contributed by atoms with van der Waals surface area (Å²) in [4.78, 5) is 0. The molecule has 0 radical (unpaired) electrons. The van der Waals surface area contributed by atoms with E-state index in [0.717, 1.165) is 44.0 Å². The summed E-state index contributed by atoms with van der Waals surface area (Å²) < 4.78 is 16.5.